The first-order valence-corrected chi connectivity index (χ1v) is 5.57. The van der Waals surface area contributed by atoms with Gasteiger partial charge < -0.3 is 10.1 Å². The number of methoxy groups -OCH3 is 1. The van der Waals surface area contributed by atoms with Gasteiger partial charge in [-0.2, -0.15) is 0 Å². The molecular formula is C13H21NO. The van der Waals surface area contributed by atoms with E-state index in [0.29, 0.717) is 12.1 Å². The Balaban J connectivity index is 2.61. The Morgan fingerprint density at radius 2 is 1.80 bits per heavy atom. The normalized spacial score (nSPS) is 14.7. The molecule has 0 bridgehead atoms. The Kier molecular flexibility index (Phi) is 4.63. The van der Waals surface area contributed by atoms with Crippen LogP contribution in [0.15, 0.2) is 24.3 Å². The van der Waals surface area contributed by atoms with Crippen LogP contribution in [-0.2, 0) is 0 Å². The molecule has 0 heterocycles. The Hall–Kier alpha value is -1.02. The first-order valence-electron chi connectivity index (χ1n) is 5.57. The summed E-state index contributed by atoms with van der Waals surface area (Å²) >= 11 is 0. The van der Waals surface area contributed by atoms with Crippen LogP contribution in [0.2, 0.25) is 0 Å². The van der Waals surface area contributed by atoms with Crippen LogP contribution < -0.4 is 10.1 Å². The zero-order valence-electron chi connectivity index (χ0n) is 10.1. The van der Waals surface area contributed by atoms with Gasteiger partial charge in [0.1, 0.15) is 5.75 Å². The van der Waals surface area contributed by atoms with Gasteiger partial charge in [-0.05, 0) is 38.0 Å². The predicted molar refractivity (Wildman–Crippen MR) is 64.3 cm³/mol. The topological polar surface area (TPSA) is 21.3 Å². The summed E-state index contributed by atoms with van der Waals surface area (Å²) in [5.74, 6) is 0.912. The third kappa shape index (κ3) is 3.56. The molecule has 0 fully saturated rings. The molecule has 1 unspecified atom stereocenters. The standard InChI is InChI=1S/C13H21NO/c1-5-10(2)14-11(3)12-6-8-13(15-4)9-7-12/h6-11,14H,5H2,1-4H3/t10?,11-/m1/s1. The molecular weight excluding hydrogens is 186 g/mol. The van der Waals surface area contributed by atoms with E-state index in [1.807, 2.05) is 12.1 Å². The van der Waals surface area contributed by atoms with Gasteiger partial charge in [0.15, 0.2) is 0 Å². The lowest BCUT2D eigenvalue weighted by Gasteiger charge is -2.19. The summed E-state index contributed by atoms with van der Waals surface area (Å²) in [6.45, 7) is 6.59. The van der Waals surface area contributed by atoms with Gasteiger partial charge in [0.05, 0.1) is 7.11 Å². The van der Waals surface area contributed by atoms with Crippen LogP contribution in [0.5, 0.6) is 5.75 Å². The molecule has 0 spiro atoms. The third-order valence-corrected chi connectivity index (χ3v) is 2.76. The highest BCUT2D eigenvalue weighted by molar-refractivity contribution is 5.28. The second-order valence-electron chi connectivity index (χ2n) is 3.97. The van der Waals surface area contributed by atoms with Crippen LogP contribution in [0.3, 0.4) is 0 Å². The summed E-state index contributed by atoms with van der Waals surface area (Å²) in [5.41, 5.74) is 1.30. The zero-order chi connectivity index (χ0) is 11.3. The van der Waals surface area contributed by atoms with E-state index in [9.17, 15) is 0 Å². The fourth-order valence-electron chi connectivity index (χ4n) is 1.53. The maximum atomic E-state index is 5.13. The maximum Gasteiger partial charge on any atom is 0.118 e. The van der Waals surface area contributed by atoms with Gasteiger partial charge in [0.25, 0.3) is 0 Å². The third-order valence-electron chi connectivity index (χ3n) is 2.76. The van der Waals surface area contributed by atoms with Crippen LogP contribution >= 0.6 is 0 Å². The van der Waals surface area contributed by atoms with Gasteiger partial charge in [-0.25, -0.2) is 0 Å². The van der Waals surface area contributed by atoms with E-state index >= 15 is 0 Å². The van der Waals surface area contributed by atoms with Gasteiger partial charge in [-0.15, -0.1) is 0 Å². The van der Waals surface area contributed by atoms with Gasteiger partial charge in [-0.3, -0.25) is 0 Å². The minimum atomic E-state index is 0.394. The van der Waals surface area contributed by atoms with E-state index in [2.05, 4.69) is 38.2 Å². The molecule has 0 saturated carbocycles. The van der Waals surface area contributed by atoms with E-state index in [0.717, 1.165) is 12.2 Å². The molecule has 0 saturated heterocycles. The molecule has 1 N–H and O–H groups in total. The van der Waals surface area contributed by atoms with Crippen LogP contribution in [-0.4, -0.2) is 13.2 Å². The molecule has 0 aromatic heterocycles. The molecule has 1 rings (SSSR count). The summed E-state index contributed by atoms with van der Waals surface area (Å²) in [4.78, 5) is 0. The van der Waals surface area contributed by atoms with Gasteiger partial charge in [0, 0.05) is 12.1 Å². The van der Waals surface area contributed by atoms with Crippen molar-refractivity contribution in [2.24, 2.45) is 0 Å². The summed E-state index contributed by atoms with van der Waals surface area (Å²) in [6, 6.07) is 9.18. The fraction of sp³-hybridized carbons (Fsp3) is 0.538. The SMILES string of the molecule is CCC(C)N[C@H](C)c1ccc(OC)cc1. The summed E-state index contributed by atoms with van der Waals surface area (Å²) in [5, 5.41) is 3.54. The van der Waals surface area contributed by atoms with Crippen LogP contribution in [0, 0.1) is 0 Å². The van der Waals surface area contributed by atoms with Crippen molar-refractivity contribution in [3.63, 3.8) is 0 Å². The summed E-state index contributed by atoms with van der Waals surface area (Å²) < 4.78 is 5.13. The summed E-state index contributed by atoms with van der Waals surface area (Å²) in [7, 11) is 1.69. The van der Waals surface area contributed by atoms with Crippen LogP contribution in [0.1, 0.15) is 38.8 Å². The highest BCUT2D eigenvalue weighted by Crippen LogP contribution is 2.17. The Bertz CT molecular complexity index is 281. The number of hydrogen-bond donors (Lipinski definition) is 1. The van der Waals surface area contributed by atoms with E-state index < -0.39 is 0 Å². The molecule has 84 valence electrons. The van der Waals surface area contributed by atoms with Crippen molar-refractivity contribution < 1.29 is 4.74 Å². The van der Waals surface area contributed by atoms with Crippen molar-refractivity contribution in [1.82, 2.24) is 5.32 Å². The lowest BCUT2D eigenvalue weighted by molar-refractivity contribution is 0.414. The lowest BCUT2D eigenvalue weighted by atomic mass is 10.1. The molecule has 2 atom stereocenters. The molecule has 2 heteroatoms. The number of ether oxygens (including phenoxy) is 1. The number of rotatable bonds is 5. The van der Waals surface area contributed by atoms with Crippen molar-refractivity contribution >= 4 is 0 Å². The van der Waals surface area contributed by atoms with Crippen molar-refractivity contribution in [2.75, 3.05) is 7.11 Å². The Morgan fingerprint density at radius 1 is 1.20 bits per heavy atom. The molecule has 0 aliphatic rings. The summed E-state index contributed by atoms with van der Waals surface area (Å²) in [6.07, 6.45) is 1.15. The molecule has 1 aromatic carbocycles. The number of hydrogen-bond acceptors (Lipinski definition) is 2. The molecule has 2 nitrogen and oxygen atoms in total. The van der Waals surface area contributed by atoms with E-state index in [1.165, 1.54) is 5.56 Å². The van der Waals surface area contributed by atoms with Crippen molar-refractivity contribution in [1.29, 1.82) is 0 Å². The second kappa shape index (κ2) is 5.76. The van der Waals surface area contributed by atoms with Crippen molar-refractivity contribution in [3.05, 3.63) is 29.8 Å². The average Bonchev–Trinajstić information content (AvgIpc) is 2.29. The average molecular weight is 207 g/mol. The molecule has 0 radical (unpaired) electrons. The smallest absolute Gasteiger partial charge is 0.118 e. The Morgan fingerprint density at radius 3 is 2.27 bits per heavy atom. The molecule has 1 aromatic rings. The lowest BCUT2D eigenvalue weighted by Crippen LogP contribution is -2.28. The van der Waals surface area contributed by atoms with Gasteiger partial charge in [-0.1, -0.05) is 19.1 Å². The monoisotopic (exact) mass is 207 g/mol. The zero-order valence-corrected chi connectivity index (χ0v) is 10.1. The van der Waals surface area contributed by atoms with Gasteiger partial charge >= 0.3 is 0 Å². The van der Waals surface area contributed by atoms with E-state index in [1.54, 1.807) is 7.11 Å². The predicted octanol–water partition coefficient (Wildman–Crippen LogP) is 3.14. The van der Waals surface area contributed by atoms with Crippen molar-refractivity contribution in [2.45, 2.75) is 39.3 Å². The van der Waals surface area contributed by atoms with E-state index in [4.69, 9.17) is 4.74 Å². The van der Waals surface area contributed by atoms with Crippen LogP contribution in [0.4, 0.5) is 0 Å². The largest absolute Gasteiger partial charge is 0.497 e. The molecule has 15 heavy (non-hydrogen) atoms. The molecule has 0 aliphatic carbocycles. The highest BCUT2D eigenvalue weighted by atomic mass is 16.5. The molecule has 0 aliphatic heterocycles. The second-order valence-corrected chi connectivity index (χ2v) is 3.97. The minimum absolute atomic E-state index is 0.394. The fourth-order valence-corrected chi connectivity index (χ4v) is 1.53. The van der Waals surface area contributed by atoms with E-state index in [-0.39, 0.29) is 0 Å². The first-order chi connectivity index (χ1) is 7.17. The Labute approximate surface area is 92.6 Å². The quantitative estimate of drug-likeness (QED) is 0.801. The maximum absolute atomic E-state index is 5.13. The van der Waals surface area contributed by atoms with Crippen molar-refractivity contribution in [3.8, 4) is 5.75 Å². The molecule has 0 amide bonds. The number of benzene rings is 1. The minimum Gasteiger partial charge on any atom is -0.497 e. The highest BCUT2D eigenvalue weighted by Gasteiger charge is 2.07. The first kappa shape index (κ1) is 12.1. The van der Waals surface area contributed by atoms with Gasteiger partial charge in [0.2, 0.25) is 0 Å². The number of nitrogens with one attached hydrogen (secondary N) is 1. The van der Waals surface area contributed by atoms with Crippen LogP contribution in [0.25, 0.3) is 0 Å².